The normalized spacial score (nSPS) is 17.4. The van der Waals surface area contributed by atoms with Gasteiger partial charge in [-0.15, -0.1) is 0 Å². The zero-order valence-electron chi connectivity index (χ0n) is 13.9. The van der Waals surface area contributed by atoms with Crippen LogP contribution in [0.4, 0.5) is 13.2 Å². The highest BCUT2D eigenvalue weighted by Crippen LogP contribution is 2.31. The summed E-state index contributed by atoms with van der Waals surface area (Å²) >= 11 is 0. The van der Waals surface area contributed by atoms with Crippen molar-refractivity contribution < 1.29 is 30.5 Å². The number of ether oxygens (including phenoxy) is 1. The SMILES string of the molecule is CC1=CCCCCc2cc(OS(=O)(=O)C(F)(F)F)ccc2OCCC1. The molecule has 0 spiro atoms. The predicted octanol–water partition coefficient (Wildman–Crippen LogP) is 4.75. The average molecular weight is 378 g/mol. The molecule has 0 atom stereocenters. The third-order valence-corrected chi connectivity index (χ3v) is 4.87. The van der Waals surface area contributed by atoms with Crippen molar-refractivity contribution in [3.63, 3.8) is 0 Å². The molecule has 0 fully saturated rings. The molecule has 0 aliphatic carbocycles. The third-order valence-electron chi connectivity index (χ3n) is 3.89. The van der Waals surface area contributed by atoms with Crippen molar-refractivity contribution in [3.8, 4) is 11.5 Å². The fourth-order valence-electron chi connectivity index (χ4n) is 2.56. The highest BCUT2D eigenvalue weighted by molar-refractivity contribution is 7.88. The second-order valence-corrected chi connectivity index (χ2v) is 7.54. The Bertz CT molecular complexity index is 724. The van der Waals surface area contributed by atoms with Crippen molar-refractivity contribution in [2.75, 3.05) is 6.61 Å². The largest absolute Gasteiger partial charge is 0.534 e. The molecule has 140 valence electrons. The van der Waals surface area contributed by atoms with Crippen molar-refractivity contribution in [2.45, 2.75) is 51.0 Å². The van der Waals surface area contributed by atoms with E-state index < -0.39 is 15.6 Å². The molecular weight excluding hydrogens is 357 g/mol. The lowest BCUT2D eigenvalue weighted by atomic mass is 10.0. The van der Waals surface area contributed by atoms with Gasteiger partial charge in [-0.3, -0.25) is 0 Å². The molecule has 1 aromatic rings. The molecule has 8 heteroatoms. The molecule has 0 saturated carbocycles. The van der Waals surface area contributed by atoms with Crippen LogP contribution in [0.25, 0.3) is 0 Å². The number of benzene rings is 1. The van der Waals surface area contributed by atoms with E-state index in [4.69, 9.17) is 4.74 Å². The highest BCUT2D eigenvalue weighted by Gasteiger charge is 2.48. The molecule has 1 heterocycles. The molecule has 0 unspecified atom stereocenters. The Labute approximate surface area is 145 Å². The van der Waals surface area contributed by atoms with Crippen LogP contribution in [-0.4, -0.2) is 20.5 Å². The standard InChI is InChI=1S/C17H21F3O4S/c1-13-6-3-2-4-8-14-12-15(24-25(21,22)17(18,19)20)9-10-16(14)23-11-5-7-13/h6,9-10,12H,2-5,7-8,11H2,1H3. The zero-order chi connectivity index (χ0) is 18.5. The van der Waals surface area contributed by atoms with Gasteiger partial charge in [0.05, 0.1) is 6.61 Å². The maximum Gasteiger partial charge on any atom is 0.534 e. The number of allylic oxidation sites excluding steroid dienone is 2. The summed E-state index contributed by atoms with van der Waals surface area (Å²) in [7, 11) is -5.67. The first-order valence-electron chi connectivity index (χ1n) is 8.11. The summed E-state index contributed by atoms with van der Waals surface area (Å²) in [5, 5.41) is 0. The van der Waals surface area contributed by atoms with Crippen LogP contribution < -0.4 is 8.92 Å². The van der Waals surface area contributed by atoms with Crippen LogP contribution in [0.1, 0.15) is 44.6 Å². The highest BCUT2D eigenvalue weighted by atomic mass is 32.2. The molecule has 1 aromatic carbocycles. The molecule has 0 saturated heterocycles. The van der Waals surface area contributed by atoms with Gasteiger partial charge in [0.2, 0.25) is 0 Å². The molecular formula is C17H21F3O4S. The van der Waals surface area contributed by atoms with E-state index in [2.05, 4.69) is 17.2 Å². The average Bonchev–Trinajstić information content (AvgIpc) is 2.50. The molecule has 4 nitrogen and oxygen atoms in total. The fraction of sp³-hybridized carbons (Fsp3) is 0.529. The van der Waals surface area contributed by atoms with Gasteiger partial charge < -0.3 is 8.92 Å². The van der Waals surface area contributed by atoms with E-state index >= 15 is 0 Å². The minimum atomic E-state index is -5.67. The number of rotatable bonds is 2. The zero-order valence-corrected chi connectivity index (χ0v) is 14.8. The predicted molar refractivity (Wildman–Crippen MR) is 88.1 cm³/mol. The number of fused-ring (bicyclic) bond motifs is 1. The quantitative estimate of drug-likeness (QED) is 0.423. The maximum atomic E-state index is 12.4. The van der Waals surface area contributed by atoms with Crippen LogP contribution in [0.3, 0.4) is 0 Å². The lowest BCUT2D eigenvalue weighted by molar-refractivity contribution is -0.0500. The van der Waals surface area contributed by atoms with Gasteiger partial charge in [-0.2, -0.15) is 21.6 Å². The van der Waals surface area contributed by atoms with Crippen molar-refractivity contribution in [3.05, 3.63) is 35.4 Å². The van der Waals surface area contributed by atoms with Gasteiger partial charge in [0.15, 0.2) is 0 Å². The lowest BCUT2D eigenvalue weighted by Gasteiger charge is -2.15. The minimum absolute atomic E-state index is 0.359. The second-order valence-electron chi connectivity index (χ2n) is 6.00. The van der Waals surface area contributed by atoms with Gasteiger partial charge in [0, 0.05) is 0 Å². The molecule has 0 N–H and O–H groups in total. The Morgan fingerprint density at radius 2 is 1.88 bits per heavy atom. The van der Waals surface area contributed by atoms with E-state index in [1.165, 1.54) is 23.8 Å². The van der Waals surface area contributed by atoms with Gasteiger partial charge in [0.1, 0.15) is 11.5 Å². The summed E-state index contributed by atoms with van der Waals surface area (Å²) in [6, 6.07) is 3.95. The van der Waals surface area contributed by atoms with Crippen molar-refractivity contribution >= 4 is 10.1 Å². The van der Waals surface area contributed by atoms with Crippen molar-refractivity contribution in [2.24, 2.45) is 0 Å². The van der Waals surface area contributed by atoms with Gasteiger partial charge in [0.25, 0.3) is 0 Å². The van der Waals surface area contributed by atoms with Crippen molar-refractivity contribution in [1.82, 2.24) is 0 Å². The summed E-state index contributed by atoms with van der Waals surface area (Å²) in [5.41, 5.74) is -3.48. The maximum absolute atomic E-state index is 12.4. The van der Waals surface area contributed by atoms with Crippen LogP contribution >= 0.6 is 0 Å². The van der Waals surface area contributed by atoms with Crippen LogP contribution in [0, 0.1) is 0 Å². The molecule has 25 heavy (non-hydrogen) atoms. The number of halogens is 3. The monoisotopic (exact) mass is 378 g/mol. The van der Waals surface area contributed by atoms with E-state index in [0.717, 1.165) is 32.1 Å². The summed E-state index contributed by atoms with van der Waals surface area (Å²) in [6.45, 7) is 2.57. The number of alkyl halides is 3. The number of hydrogen-bond donors (Lipinski definition) is 0. The topological polar surface area (TPSA) is 52.6 Å². The van der Waals surface area contributed by atoms with Gasteiger partial charge >= 0.3 is 15.6 Å². The first kappa shape index (κ1) is 19.6. The molecule has 1 aliphatic heterocycles. The van der Waals surface area contributed by atoms with Gasteiger partial charge in [-0.05, 0) is 69.2 Å². The summed E-state index contributed by atoms with van der Waals surface area (Å²) in [5.74, 6) is 0.196. The van der Waals surface area contributed by atoms with Crippen LogP contribution in [0.2, 0.25) is 0 Å². The molecule has 0 aromatic heterocycles. The summed E-state index contributed by atoms with van der Waals surface area (Å²) in [4.78, 5) is 0. The van der Waals surface area contributed by atoms with E-state index in [0.29, 0.717) is 24.3 Å². The Balaban J connectivity index is 2.18. The number of hydrogen-bond acceptors (Lipinski definition) is 4. The number of aryl methyl sites for hydroxylation is 1. The Hall–Kier alpha value is -1.70. The molecule has 1 aliphatic rings. The summed E-state index contributed by atoms with van der Waals surface area (Å²) < 4.78 is 69.5. The van der Waals surface area contributed by atoms with Gasteiger partial charge in [-0.1, -0.05) is 11.6 Å². The third kappa shape index (κ3) is 5.66. The van der Waals surface area contributed by atoms with E-state index in [1.807, 2.05) is 0 Å². The van der Waals surface area contributed by atoms with Crippen LogP contribution in [0.15, 0.2) is 29.8 Å². The van der Waals surface area contributed by atoms with Crippen LogP contribution in [-0.2, 0) is 16.5 Å². The molecule has 0 bridgehead atoms. The lowest BCUT2D eigenvalue weighted by Crippen LogP contribution is -2.28. The molecule has 0 amide bonds. The van der Waals surface area contributed by atoms with Crippen LogP contribution in [0.5, 0.6) is 11.5 Å². The minimum Gasteiger partial charge on any atom is -0.493 e. The fourth-order valence-corrected chi connectivity index (χ4v) is 3.01. The molecule has 2 rings (SSSR count). The van der Waals surface area contributed by atoms with Crippen molar-refractivity contribution in [1.29, 1.82) is 0 Å². The molecule has 0 radical (unpaired) electrons. The van der Waals surface area contributed by atoms with Gasteiger partial charge in [-0.25, -0.2) is 0 Å². The Morgan fingerprint density at radius 3 is 2.60 bits per heavy atom. The second kappa shape index (κ2) is 8.12. The summed E-state index contributed by atoms with van der Waals surface area (Å²) in [6.07, 6.45) is 7.23. The van der Waals surface area contributed by atoms with E-state index in [1.54, 1.807) is 0 Å². The Morgan fingerprint density at radius 1 is 1.12 bits per heavy atom. The first-order chi connectivity index (χ1) is 11.7. The smallest absolute Gasteiger partial charge is 0.493 e. The van der Waals surface area contributed by atoms with E-state index in [9.17, 15) is 21.6 Å². The van der Waals surface area contributed by atoms with E-state index in [-0.39, 0.29) is 5.75 Å². The Kier molecular flexibility index (Phi) is 6.37. The first-order valence-corrected chi connectivity index (χ1v) is 9.52.